The van der Waals surface area contributed by atoms with Gasteiger partial charge in [0.1, 0.15) is 6.10 Å². The monoisotopic (exact) mass is 553 g/mol. The molecule has 1 aliphatic carbocycles. The van der Waals surface area contributed by atoms with E-state index in [2.05, 4.69) is 15.2 Å². The van der Waals surface area contributed by atoms with Gasteiger partial charge < -0.3 is 19.7 Å². The lowest BCUT2D eigenvalue weighted by Crippen LogP contribution is -2.55. The van der Waals surface area contributed by atoms with Gasteiger partial charge in [-0.2, -0.15) is 13.2 Å². The van der Waals surface area contributed by atoms with E-state index in [1.807, 2.05) is 6.07 Å². The van der Waals surface area contributed by atoms with Crippen molar-refractivity contribution in [2.24, 2.45) is 4.99 Å². The first kappa shape index (κ1) is 24.6. The van der Waals surface area contributed by atoms with Gasteiger partial charge in [0.25, 0.3) is 0 Å². The molecule has 9 heteroatoms. The van der Waals surface area contributed by atoms with Crippen LogP contribution < -0.4 is 5.32 Å². The Kier molecular flexibility index (Phi) is 8.12. The molecule has 2 atom stereocenters. The molecule has 3 aliphatic rings. The summed E-state index contributed by atoms with van der Waals surface area (Å²) in [6, 6.07) is 5.79. The predicted octanol–water partition coefficient (Wildman–Crippen LogP) is 4.20. The van der Waals surface area contributed by atoms with Gasteiger partial charge in [0, 0.05) is 38.7 Å². The summed E-state index contributed by atoms with van der Waals surface area (Å²) in [4.78, 5) is 6.61. The van der Waals surface area contributed by atoms with E-state index in [1.165, 1.54) is 12.1 Å². The second kappa shape index (κ2) is 10.2. The Morgan fingerprint density at radius 1 is 1.19 bits per heavy atom. The summed E-state index contributed by atoms with van der Waals surface area (Å²) in [5.41, 5.74) is -0.105. The quantitative estimate of drug-likeness (QED) is 0.345. The Hall–Kier alpha value is -1.07. The lowest BCUT2D eigenvalue weighted by molar-refractivity contribution is -0.137. The molecule has 3 fully saturated rings. The third kappa shape index (κ3) is 5.47. The number of ether oxygens (including phenoxy) is 2. The molecule has 0 amide bonds. The fourth-order valence-electron chi connectivity index (χ4n) is 4.77. The molecule has 4 rings (SSSR count). The van der Waals surface area contributed by atoms with E-state index in [0.717, 1.165) is 62.8 Å². The van der Waals surface area contributed by atoms with Crippen LogP contribution in [0.15, 0.2) is 29.3 Å². The number of aliphatic imine (C=N–C) groups is 1. The minimum absolute atomic E-state index is 0. The third-order valence-electron chi connectivity index (χ3n) is 6.68. The van der Waals surface area contributed by atoms with Gasteiger partial charge >= 0.3 is 6.18 Å². The molecule has 1 saturated carbocycles. The molecule has 0 aromatic heterocycles. The highest BCUT2D eigenvalue weighted by Crippen LogP contribution is 2.44. The molecule has 0 bridgehead atoms. The van der Waals surface area contributed by atoms with Crippen molar-refractivity contribution in [1.29, 1.82) is 0 Å². The van der Waals surface area contributed by atoms with E-state index >= 15 is 0 Å². The van der Waals surface area contributed by atoms with E-state index in [1.54, 1.807) is 7.05 Å². The zero-order chi connectivity index (χ0) is 21.2. The lowest BCUT2D eigenvalue weighted by atomic mass is 9.64. The maximum atomic E-state index is 13.2. The number of nitrogens with one attached hydrogen (secondary N) is 1. The van der Waals surface area contributed by atoms with Gasteiger partial charge in [-0.25, -0.2) is 0 Å². The summed E-state index contributed by atoms with van der Waals surface area (Å²) in [6.45, 7) is 3.42. The molecule has 2 aliphatic heterocycles. The molecule has 1 N–H and O–H groups in total. The van der Waals surface area contributed by atoms with Crippen molar-refractivity contribution in [3.8, 4) is 0 Å². The van der Waals surface area contributed by atoms with Crippen molar-refractivity contribution in [3.05, 3.63) is 35.4 Å². The van der Waals surface area contributed by atoms with Gasteiger partial charge in [-0.3, -0.25) is 4.99 Å². The average Bonchev–Trinajstić information content (AvgIpc) is 3.25. The number of nitrogens with zero attached hydrogens (tertiary/aromatic N) is 2. The van der Waals surface area contributed by atoms with Crippen LogP contribution in [-0.2, 0) is 21.1 Å². The first-order chi connectivity index (χ1) is 14.4. The SMILES string of the molecule is CN=C(NCC1(c2cccc(C(F)(F)F)c2)CCC1)N1CCOC(C2CCCO2)C1.I. The number of rotatable bonds is 4. The van der Waals surface area contributed by atoms with Crippen molar-refractivity contribution >= 4 is 29.9 Å². The van der Waals surface area contributed by atoms with Crippen molar-refractivity contribution < 1.29 is 22.6 Å². The second-order valence-corrected chi connectivity index (χ2v) is 8.52. The third-order valence-corrected chi connectivity index (χ3v) is 6.68. The van der Waals surface area contributed by atoms with Crippen molar-refractivity contribution in [3.63, 3.8) is 0 Å². The number of guanidine groups is 1. The van der Waals surface area contributed by atoms with Crippen LogP contribution in [0, 0.1) is 0 Å². The van der Waals surface area contributed by atoms with Crippen LogP contribution >= 0.6 is 24.0 Å². The molecule has 31 heavy (non-hydrogen) atoms. The van der Waals surface area contributed by atoms with Gasteiger partial charge in [-0.1, -0.05) is 24.6 Å². The normalized spacial score (nSPS) is 26.2. The number of halogens is 4. The van der Waals surface area contributed by atoms with Gasteiger partial charge in [0.2, 0.25) is 0 Å². The standard InChI is InChI=1S/C22H30F3N3O2.HI/c1-26-20(28-10-12-30-19(14-28)18-7-3-11-29-18)27-15-21(8-4-9-21)16-5-2-6-17(13-16)22(23,24)25;/h2,5-6,13,18-19H,3-4,7-12,14-15H2,1H3,(H,26,27);1H. The van der Waals surface area contributed by atoms with E-state index < -0.39 is 11.7 Å². The molecule has 2 saturated heterocycles. The minimum atomic E-state index is -4.32. The molecular weight excluding hydrogens is 522 g/mol. The van der Waals surface area contributed by atoms with E-state index in [9.17, 15) is 13.2 Å². The van der Waals surface area contributed by atoms with E-state index in [0.29, 0.717) is 19.7 Å². The van der Waals surface area contributed by atoms with Crippen molar-refractivity contribution in [1.82, 2.24) is 10.2 Å². The number of alkyl halides is 3. The summed E-state index contributed by atoms with van der Waals surface area (Å²) in [5, 5.41) is 3.45. The topological polar surface area (TPSA) is 46.1 Å². The largest absolute Gasteiger partial charge is 0.416 e. The van der Waals surface area contributed by atoms with Crippen LogP contribution in [0.5, 0.6) is 0 Å². The lowest BCUT2D eigenvalue weighted by Gasteiger charge is -2.44. The van der Waals surface area contributed by atoms with Crippen LogP contribution in [-0.4, -0.2) is 63.0 Å². The van der Waals surface area contributed by atoms with Crippen molar-refractivity contribution in [2.45, 2.75) is 55.9 Å². The van der Waals surface area contributed by atoms with Crippen LogP contribution in [0.1, 0.15) is 43.2 Å². The number of morpholine rings is 1. The molecule has 174 valence electrons. The summed E-state index contributed by atoms with van der Waals surface area (Å²) in [5.74, 6) is 0.777. The first-order valence-corrected chi connectivity index (χ1v) is 10.8. The van der Waals surface area contributed by atoms with E-state index in [4.69, 9.17) is 9.47 Å². The van der Waals surface area contributed by atoms with Gasteiger partial charge in [0.05, 0.1) is 18.3 Å². The maximum absolute atomic E-state index is 13.2. The maximum Gasteiger partial charge on any atom is 0.416 e. The fourth-order valence-corrected chi connectivity index (χ4v) is 4.77. The number of benzene rings is 1. The predicted molar refractivity (Wildman–Crippen MR) is 124 cm³/mol. The molecule has 2 unspecified atom stereocenters. The number of hydrogen-bond acceptors (Lipinski definition) is 3. The van der Waals surface area contributed by atoms with Crippen LogP contribution in [0.2, 0.25) is 0 Å². The highest BCUT2D eigenvalue weighted by molar-refractivity contribution is 14.0. The van der Waals surface area contributed by atoms with Gasteiger partial charge in [0.15, 0.2) is 5.96 Å². The molecule has 2 heterocycles. The molecule has 5 nitrogen and oxygen atoms in total. The minimum Gasteiger partial charge on any atom is -0.375 e. The molecular formula is C22H31F3IN3O2. The highest BCUT2D eigenvalue weighted by Gasteiger charge is 2.41. The van der Waals surface area contributed by atoms with E-state index in [-0.39, 0.29) is 41.6 Å². The van der Waals surface area contributed by atoms with Crippen molar-refractivity contribution in [2.75, 3.05) is 39.9 Å². The first-order valence-electron chi connectivity index (χ1n) is 10.8. The van der Waals surface area contributed by atoms with Crippen LogP contribution in [0.3, 0.4) is 0 Å². The Morgan fingerprint density at radius 3 is 2.58 bits per heavy atom. The second-order valence-electron chi connectivity index (χ2n) is 8.52. The zero-order valence-corrected chi connectivity index (χ0v) is 20.1. The summed E-state index contributed by atoms with van der Waals surface area (Å²) in [7, 11) is 1.75. The fraction of sp³-hybridized carbons (Fsp3) is 0.682. The Labute approximate surface area is 198 Å². The summed E-state index contributed by atoms with van der Waals surface area (Å²) >= 11 is 0. The molecule has 1 aromatic rings. The molecule has 1 aromatic carbocycles. The van der Waals surface area contributed by atoms with Crippen LogP contribution in [0.4, 0.5) is 13.2 Å². The molecule has 0 spiro atoms. The zero-order valence-electron chi connectivity index (χ0n) is 17.8. The summed E-state index contributed by atoms with van der Waals surface area (Å²) < 4.78 is 51.3. The Morgan fingerprint density at radius 2 is 1.97 bits per heavy atom. The molecule has 0 radical (unpaired) electrons. The van der Waals surface area contributed by atoms with Crippen LogP contribution in [0.25, 0.3) is 0 Å². The Bertz CT molecular complexity index is 765. The smallest absolute Gasteiger partial charge is 0.375 e. The Balaban J connectivity index is 0.00000272. The number of hydrogen-bond donors (Lipinski definition) is 1. The van der Waals surface area contributed by atoms with Gasteiger partial charge in [-0.15, -0.1) is 24.0 Å². The van der Waals surface area contributed by atoms with Gasteiger partial charge in [-0.05, 0) is 37.3 Å². The average molecular weight is 553 g/mol. The highest BCUT2D eigenvalue weighted by atomic mass is 127. The summed E-state index contributed by atoms with van der Waals surface area (Å²) in [6.07, 6.45) is 0.695.